The van der Waals surface area contributed by atoms with E-state index in [4.69, 9.17) is 23.2 Å². The van der Waals surface area contributed by atoms with Crippen molar-refractivity contribution < 1.29 is 0 Å². The molecule has 82 valence electrons. The maximum atomic E-state index is 5.78. The minimum atomic E-state index is 0.646. The van der Waals surface area contributed by atoms with Gasteiger partial charge in [0.15, 0.2) is 0 Å². The van der Waals surface area contributed by atoms with E-state index in [1.54, 1.807) is 10.4 Å². The van der Waals surface area contributed by atoms with Gasteiger partial charge in [-0.1, -0.05) is 23.2 Å². The molecule has 0 aliphatic heterocycles. The fraction of sp³-hybridized carbons (Fsp3) is 0.455. The molecule has 1 nitrogen and oxygen atoms in total. The Balaban J connectivity index is 1.84. The molecule has 1 aliphatic rings. The molecule has 0 saturated carbocycles. The molecular formula is C11H13Cl2NS. The lowest BCUT2D eigenvalue weighted by atomic mass is 10.2. The highest BCUT2D eigenvalue weighted by molar-refractivity contribution is 7.12. The second-order valence-electron chi connectivity index (χ2n) is 3.67. The number of nitrogens with one attached hydrogen (secondary N) is 1. The minimum absolute atomic E-state index is 0.646. The first-order valence-corrected chi connectivity index (χ1v) is 6.68. The topological polar surface area (TPSA) is 12.0 Å². The van der Waals surface area contributed by atoms with Crippen molar-refractivity contribution in [3.05, 3.63) is 32.0 Å². The van der Waals surface area contributed by atoms with Gasteiger partial charge in [-0.3, -0.25) is 0 Å². The number of thiophene rings is 1. The highest BCUT2D eigenvalue weighted by Gasteiger charge is 2.14. The summed E-state index contributed by atoms with van der Waals surface area (Å²) in [6.07, 6.45) is 3.85. The van der Waals surface area contributed by atoms with E-state index in [9.17, 15) is 0 Å². The maximum absolute atomic E-state index is 5.78. The Hall–Kier alpha value is -0.0200. The third-order valence-electron chi connectivity index (χ3n) is 2.51. The largest absolute Gasteiger partial charge is 0.307 e. The Morgan fingerprint density at radius 1 is 1.53 bits per heavy atom. The zero-order valence-corrected chi connectivity index (χ0v) is 10.7. The van der Waals surface area contributed by atoms with Crippen molar-refractivity contribution in [3.8, 4) is 0 Å². The van der Waals surface area contributed by atoms with Gasteiger partial charge in [0.05, 0.1) is 0 Å². The van der Waals surface area contributed by atoms with Crippen LogP contribution in [-0.4, -0.2) is 6.54 Å². The Kier molecular flexibility index (Phi) is 4.09. The van der Waals surface area contributed by atoms with Gasteiger partial charge in [-0.2, -0.15) is 0 Å². The third-order valence-corrected chi connectivity index (χ3v) is 4.36. The molecule has 0 aromatic carbocycles. The highest BCUT2D eigenvalue weighted by atomic mass is 35.5. The Morgan fingerprint density at radius 2 is 2.40 bits per heavy atom. The van der Waals surface area contributed by atoms with Gasteiger partial charge >= 0.3 is 0 Å². The monoisotopic (exact) mass is 261 g/mol. The maximum Gasteiger partial charge on any atom is 0.0432 e. The fourth-order valence-corrected chi connectivity index (χ4v) is 3.22. The molecule has 4 heteroatoms. The normalized spacial score (nSPS) is 15.7. The number of rotatable bonds is 4. The molecule has 1 aromatic rings. The summed E-state index contributed by atoms with van der Waals surface area (Å²) >= 11 is 13.2. The van der Waals surface area contributed by atoms with Crippen LogP contribution in [0.15, 0.2) is 16.6 Å². The number of aryl methyl sites for hydroxylation is 2. The van der Waals surface area contributed by atoms with Gasteiger partial charge < -0.3 is 5.32 Å². The molecule has 1 heterocycles. The number of hydrogen-bond acceptors (Lipinski definition) is 2. The van der Waals surface area contributed by atoms with Crippen molar-refractivity contribution in [3.63, 3.8) is 0 Å². The minimum Gasteiger partial charge on any atom is -0.307 e. The molecular weight excluding hydrogens is 249 g/mol. The van der Waals surface area contributed by atoms with Gasteiger partial charge in [0.1, 0.15) is 0 Å². The van der Waals surface area contributed by atoms with Gasteiger partial charge in [-0.05, 0) is 30.9 Å². The lowest BCUT2D eigenvalue weighted by molar-refractivity contribution is 0.763. The molecule has 2 rings (SSSR count). The van der Waals surface area contributed by atoms with Crippen LogP contribution < -0.4 is 5.32 Å². The third kappa shape index (κ3) is 2.97. The first-order valence-electron chi connectivity index (χ1n) is 5.05. The molecule has 1 aromatic heterocycles. The number of fused-ring (bicyclic) bond motifs is 1. The van der Waals surface area contributed by atoms with Crippen LogP contribution in [0.2, 0.25) is 0 Å². The van der Waals surface area contributed by atoms with Crippen LogP contribution in [0.25, 0.3) is 0 Å². The van der Waals surface area contributed by atoms with Crippen molar-refractivity contribution >= 4 is 34.5 Å². The molecule has 1 aliphatic carbocycles. The van der Waals surface area contributed by atoms with E-state index in [1.165, 1.54) is 29.7 Å². The second kappa shape index (κ2) is 5.35. The predicted octanol–water partition coefficient (Wildman–Crippen LogP) is 3.65. The van der Waals surface area contributed by atoms with Crippen LogP contribution in [0.5, 0.6) is 0 Å². The van der Waals surface area contributed by atoms with Crippen molar-refractivity contribution in [2.45, 2.75) is 25.8 Å². The average molecular weight is 262 g/mol. The van der Waals surface area contributed by atoms with Crippen molar-refractivity contribution in [1.82, 2.24) is 5.32 Å². The van der Waals surface area contributed by atoms with Crippen molar-refractivity contribution in [2.24, 2.45) is 0 Å². The van der Waals surface area contributed by atoms with E-state index in [0.717, 1.165) is 6.54 Å². The summed E-state index contributed by atoms with van der Waals surface area (Å²) in [7, 11) is 0. The zero-order valence-electron chi connectivity index (χ0n) is 8.35. The summed E-state index contributed by atoms with van der Waals surface area (Å²) in [4.78, 5) is 2.98. The molecule has 0 fully saturated rings. The van der Waals surface area contributed by atoms with Gasteiger partial charge in [0, 0.05) is 33.4 Å². The van der Waals surface area contributed by atoms with Gasteiger partial charge in [-0.25, -0.2) is 0 Å². The fourth-order valence-electron chi connectivity index (χ4n) is 1.82. The molecule has 0 bridgehead atoms. The lowest BCUT2D eigenvalue weighted by Crippen LogP contribution is -2.13. The molecule has 1 N–H and O–H groups in total. The SMILES string of the molecule is ClC=C(Cl)CNCc1cc2c(s1)CCC2. The standard InChI is InChI=1S/C11H13Cl2NS/c12-5-9(13)6-14-7-10-4-8-2-1-3-11(8)15-10/h4-5,14H,1-3,6-7H2. The second-order valence-corrected chi connectivity index (χ2v) is 5.60. The quantitative estimate of drug-likeness (QED) is 0.873. The van der Waals surface area contributed by atoms with Crippen LogP contribution in [0.3, 0.4) is 0 Å². The molecule has 0 unspecified atom stereocenters. The van der Waals surface area contributed by atoms with Gasteiger partial charge in [0.25, 0.3) is 0 Å². The van der Waals surface area contributed by atoms with E-state index >= 15 is 0 Å². The van der Waals surface area contributed by atoms with E-state index in [-0.39, 0.29) is 0 Å². The van der Waals surface area contributed by atoms with Crippen LogP contribution in [0.1, 0.15) is 21.7 Å². The molecule has 0 spiro atoms. The summed E-state index contributed by atoms with van der Waals surface area (Å²) in [5.41, 5.74) is 2.96. The smallest absolute Gasteiger partial charge is 0.0432 e. The van der Waals surface area contributed by atoms with Crippen LogP contribution in [0.4, 0.5) is 0 Å². The molecule has 0 amide bonds. The predicted molar refractivity (Wildman–Crippen MR) is 67.8 cm³/mol. The zero-order chi connectivity index (χ0) is 10.7. The van der Waals surface area contributed by atoms with Crippen LogP contribution in [0, 0.1) is 0 Å². The van der Waals surface area contributed by atoms with Crippen molar-refractivity contribution in [1.29, 1.82) is 0 Å². The van der Waals surface area contributed by atoms with E-state index in [2.05, 4.69) is 11.4 Å². The Labute approximate surface area is 104 Å². The lowest BCUT2D eigenvalue weighted by Gasteiger charge is -2.00. The highest BCUT2D eigenvalue weighted by Crippen LogP contribution is 2.30. The van der Waals surface area contributed by atoms with Crippen molar-refractivity contribution in [2.75, 3.05) is 6.54 Å². The van der Waals surface area contributed by atoms with E-state index < -0.39 is 0 Å². The Bertz CT molecular complexity index is 349. The number of hydrogen-bond donors (Lipinski definition) is 1. The molecule has 0 atom stereocenters. The summed E-state index contributed by atoms with van der Waals surface area (Å²) in [5.74, 6) is 0. The summed E-state index contributed by atoms with van der Waals surface area (Å²) in [6, 6.07) is 2.32. The van der Waals surface area contributed by atoms with E-state index in [1.807, 2.05) is 11.3 Å². The summed E-state index contributed by atoms with van der Waals surface area (Å²) in [5, 5.41) is 3.92. The van der Waals surface area contributed by atoms with Gasteiger partial charge in [0.2, 0.25) is 0 Å². The summed E-state index contributed by atoms with van der Waals surface area (Å²) in [6.45, 7) is 1.53. The average Bonchev–Trinajstić information content (AvgIpc) is 2.77. The van der Waals surface area contributed by atoms with Crippen LogP contribution >= 0.6 is 34.5 Å². The first kappa shape index (κ1) is 11.5. The first-order chi connectivity index (χ1) is 7.29. The Morgan fingerprint density at radius 3 is 3.13 bits per heavy atom. The van der Waals surface area contributed by atoms with E-state index in [0.29, 0.717) is 11.6 Å². The molecule has 15 heavy (non-hydrogen) atoms. The summed E-state index contributed by atoms with van der Waals surface area (Å²) < 4.78 is 0. The van der Waals surface area contributed by atoms with Crippen LogP contribution in [-0.2, 0) is 19.4 Å². The molecule has 0 radical (unpaired) electrons. The van der Waals surface area contributed by atoms with Gasteiger partial charge in [-0.15, -0.1) is 11.3 Å². The molecule has 0 saturated heterocycles. The number of halogens is 2.